The Labute approximate surface area is 180 Å². The number of nitrogens with one attached hydrogen (secondary N) is 2. The monoisotopic (exact) mass is 444 g/mol. The smallest absolute Gasteiger partial charge is 0.265 e. The SMILES string of the molecule is Cc1ccccc1O[C@H](C)C(=O)Nc1ccc(S(=O)(=O)Nc2ccc(Cl)cc2)cc1. The molecule has 0 bridgehead atoms. The number of anilines is 2. The highest BCUT2D eigenvalue weighted by molar-refractivity contribution is 7.92. The van der Waals surface area contributed by atoms with E-state index in [-0.39, 0.29) is 10.8 Å². The molecule has 6 nitrogen and oxygen atoms in total. The minimum Gasteiger partial charge on any atom is -0.481 e. The summed E-state index contributed by atoms with van der Waals surface area (Å²) in [7, 11) is -3.76. The molecule has 0 unspecified atom stereocenters. The van der Waals surface area contributed by atoms with Gasteiger partial charge >= 0.3 is 0 Å². The second-order valence-corrected chi connectivity index (χ2v) is 8.77. The van der Waals surface area contributed by atoms with Gasteiger partial charge in [0.2, 0.25) is 0 Å². The lowest BCUT2D eigenvalue weighted by atomic mass is 10.2. The normalized spacial score (nSPS) is 12.1. The standard InChI is InChI=1S/C22H21ClN2O4S/c1-15-5-3-4-6-21(15)29-16(2)22(26)24-18-11-13-20(14-12-18)30(27,28)25-19-9-7-17(23)8-10-19/h3-14,16,25H,1-2H3,(H,24,26)/t16-/m1/s1. The number of hydrogen-bond acceptors (Lipinski definition) is 4. The third-order valence-corrected chi connectivity index (χ3v) is 5.94. The number of sulfonamides is 1. The van der Waals surface area contributed by atoms with Crippen molar-refractivity contribution in [1.29, 1.82) is 0 Å². The van der Waals surface area contributed by atoms with Crippen molar-refractivity contribution in [2.24, 2.45) is 0 Å². The second kappa shape index (κ2) is 9.19. The lowest BCUT2D eigenvalue weighted by Crippen LogP contribution is -2.30. The fraction of sp³-hybridized carbons (Fsp3) is 0.136. The summed E-state index contributed by atoms with van der Waals surface area (Å²) in [5, 5.41) is 3.23. The van der Waals surface area contributed by atoms with E-state index in [1.807, 2.05) is 25.1 Å². The van der Waals surface area contributed by atoms with Crippen LogP contribution >= 0.6 is 11.6 Å². The van der Waals surface area contributed by atoms with Gasteiger partial charge in [-0.1, -0.05) is 29.8 Å². The average molecular weight is 445 g/mol. The van der Waals surface area contributed by atoms with Crippen LogP contribution in [-0.4, -0.2) is 20.4 Å². The van der Waals surface area contributed by atoms with Crippen molar-refractivity contribution < 1.29 is 17.9 Å². The number of carbonyl (C=O) groups excluding carboxylic acids is 1. The number of hydrogen-bond donors (Lipinski definition) is 2. The summed E-state index contributed by atoms with van der Waals surface area (Å²) >= 11 is 5.81. The van der Waals surface area contributed by atoms with E-state index in [9.17, 15) is 13.2 Å². The molecule has 1 atom stereocenters. The van der Waals surface area contributed by atoms with E-state index in [2.05, 4.69) is 10.0 Å². The molecule has 0 aliphatic carbocycles. The van der Waals surface area contributed by atoms with E-state index in [0.717, 1.165) is 5.56 Å². The zero-order valence-corrected chi connectivity index (χ0v) is 18.0. The van der Waals surface area contributed by atoms with Gasteiger partial charge < -0.3 is 10.1 Å². The van der Waals surface area contributed by atoms with E-state index >= 15 is 0 Å². The second-order valence-electron chi connectivity index (χ2n) is 6.65. The molecule has 0 aromatic heterocycles. The lowest BCUT2D eigenvalue weighted by Gasteiger charge is -2.16. The van der Waals surface area contributed by atoms with Gasteiger partial charge in [0.05, 0.1) is 4.90 Å². The van der Waals surface area contributed by atoms with Crippen LogP contribution in [0.5, 0.6) is 5.75 Å². The van der Waals surface area contributed by atoms with Gasteiger partial charge in [-0.25, -0.2) is 8.42 Å². The van der Waals surface area contributed by atoms with E-state index in [1.165, 1.54) is 24.3 Å². The molecule has 3 aromatic carbocycles. The van der Waals surface area contributed by atoms with Gasteiger partial charge in [-0.05, 0) is 74.0 Å². The molecule has 0 saturated heterocycles. The zero-order valence-electron chi connectivity index (χ0n) is 16.4. The maximum absolute atomic E-state index is 12.5. The number of para-hydroxylation sites is 1. The Balaban J connectivity index is 1.64. The molecule has 0 aliphatic heterocycles. The molecule has 0 saturated carbocycles. The van der Waals surface area contributed by atoms with Crippen molar-refractivity contribution in [2.45, 2.75) is 24.8 Å². The number of halogens is 1. The van der Waals surface area contributed by atoms with Gasteiger partial charge in [0.1, 0.15) is 5.75 Å². The summed E-state index contributed by atoms with van der Waals surface area (Å²) in [6.45, 7) is 3.55. The largest absolute Gasteiger partial charge is 0.481 e. The molecular formula is C22H21ClN2O4S. The first-order valence-corrected chi connectivity index (χ1v) is 11.0. The van der Waals surface area contributed by atoms with Crippen molar-refractivity contribution in [1.82, 2.24) is 0 Å². The van der Waals surface area contributed by atoms with Gasteiger partial charge in [0.25, 0.3) is 15.9 Å². The van der Waals surface area contributed by atoms with Gasteiger partial charge in [0.15, 0.2) is 6.10 Å². The number of rotatable bonds is 7. The molecule has 1 amide bonds. The molecule has 8 heteroatoms. The Morgan fingerprint density at radius 2 is 1.53 bits per heavy atom. The van der Waals surface area contributed by atoms with Crippen LogP contribution < -0.4 is 14.8 Å². The minimum absolute atomic E-state index is 0.0691. The van der Waals surface area contributed by atoms with E-state index in [4.69, 9.17) is 16.3 Å². The molecular weight excluding hydrogens is 424 g/mol. The third-order valence-electron chi connectivity index (χ3n) is 4.30. The number of benzene rings is 3. The van der Waals surface area contributed by atoms with Crippen molar-refractivity contribution in [3.05, 3.63) is 83.4 Å². The average Bonchev–Trinajstić information content (AvgIpc) is 2.71. The molecule has 2 N–H and O–H groups in total. The van der Waals surface area contributed by atoms with Crippen LogP contribution in [0, 0.1) is 6.92 Å². The predicted molar refractivity (Wildman–Crippen MR) is 119 cm³/mol. The Morgan fingerprint density at radius 1 is 0.933 bits per heavy atom. The fourth-order valence-corrected chi connectivity index (χ4v) is 3.81. The van der Waals surface area contributed by atoms with Crippen molar-refractivity contribution in [2.75, 3.05) is 10.0 Å². The first kappa shape index (κ1) is 21.7. The van der Waals surface area contributed by atoms with Crippen molar-refractivity contribution >= 4 is 38.9 Å². The molecule has 0 aliphatic rings. The number of carbonyl (C=O) groups is 1. The van der Waals surface area contributed by atoms with Crippen LogP contribution in [0.15, 0.2) is 77.7 Å². The van der Waals surface area contributed by atoms with Crippen LogP contribution in [0.4, 0.5) is 11.4 Å². The highest BCUT2D eigenvalue weighted by Crippen LogP contribution is 2.21. The maximum atomic E-state index is 12.5. The Bertz CT molecular complexity index is 1130. The molecule has 3 rings (SSSR count). The minimum atomic E-state index is -3.76. The summed E-state index contributed by atoms with van der Waals surface area (Å²) in [4.78, 5) is 12.5. The van der Waals surface area contributed by atoms with E-state index in [0.29, 0.717) is 22.1 Å². The molecule has 0 heterocycles. The summed E-state index contributed by atoms with van der Waals surface area (Å²) in [5.74, 6) is 0.294. The third kappa shape index (κ3) is 5.52. The Morgan fingerprint density at radius 3 is 2.17 bits per heavy atom. The van der Waals surface area contributed by atoms with Crippen molar-refractivity contribution in [3.8, 4) is 5.75 Å². The zero-order chi connectivity index (χ0) is 21.7. The lowest BCUT2D eigenvalue weighted by molar-refractivity contribution is -0.122. The summed E-state index contributed by atoms with van der Waals surface area (Å²) in [6.07, 6.45) is -0.721. The van der Waals surface area contributed by atoms with Gasteiger partial charge in [-0.2, -0.15) is 0 Å². The number of aryl methyl sites for hydroxylation is 1. The highest BCUT2D eigenvalue weighted by atomic mass is 35.5. The number of amides is 1. The fourth-order valence-electron chi connectivity index (χ4n) is 2.63. The van der Waals surface area contributed by atoms with Crippen LogP contribution in [0.2, 0.25) is 5.02 Å². The van der Waals surface area contributed by atoms with Gasteiger partial charge in [0, 0.05) is 16.4 Å². The molecule has 30 heavy (non-hydrogen) atoms. The van der Waals surface area contributed by atoms with Crippen LogP contribution in [0.1, 0.15) is 12.5 Å². The topological polar surface area (TPSA) is 84.5 Å². The van der Waals surface area contributed by atoms with Gasteiger partial charge in [-0.3, -0.25) is 9.52 Å². The van der Waals surface area contributed by atoms with Crippen LogP contribution in [-0.2, 0) is 14.8 Å². The number of ether oxygens (including phenoxy) is 1. The highest BCUT2D eigenvalue weighted by Gasteiger charge is 2.17. The quantitative estimate of drug-likeness (QED) is 0.545. The molecule has 0 fully saturated rings. The Hall–Kier alpha value is -3.03. The molecule has 0 spiro atoms. The molecule has 156 valence electrons. The maximum Gasteiger partial charge on any atom is 0.265 e. The Kier molecular flexibility index (Phi) is 6.64. The van der Waals surface area contributed by atoms with Crippen LogP contribution in [0.25, 0.3) is 0 Å². The predicted octanol–water partition coefficient (Wildman–Crippen LogP) is 4.86. The summed E-state index contributed by atoms with van der Waals surface area (Å²) in [6, 6.07) is 19.6. The van der Waals surface area contributed by atoms with Crippen LogP contribution in [0.3, 0.4) is 0 Å². The molecule has 0 radical (unpaired) electrons. The summed E-state index contributed by atoms with van der Waals surface area (Å²) < 4.78 is 33.2. The first-order chi connectivity index (χ1) is 14.2. The van der Waals surface area contributed by atoms with E-state index < -0.39 is 16.1 Å². The first-order valence-electron chi connectivity index (χ1n) is 9.16. The van der Waals surface area contributed by atoms with Gasteiger partial charge in [-0.15, -0.1) is 0 Å². The summed E-state index contributed by atoms with van der Waals surface area (Å²) in [5.41, 5.74) is 1.80. The van der Waals surface area contributed by atoms with Crippen molar-refractivity contribution in [3.63, 3.8) is 0 Å². The molecule has 3 aromatic rings. The van der Waals surface area contributed by atoms with E-state index in [1.54, 1.807) is 37.3 Å².